The van der Waals surface area contributed by atoms with Crippen LogP contribution in [0.15, 0.2) is 28.0 Å². The van der Waals surface area contributed by atoms with Crippen LogP contribution in [-0.4, -0.2) is 25.0 Å². The third kappa shape index (κ3) is 3.19. The number of aromatic nitrogens is 4. The van der Waals surface area contributed by atoms with Crippen LogP contribution in [0.3, 0.4) is 0 Å². The minimum atomic E-state index is -0.312. The van der Waals surface area contributed by atoms with Crippen LogP contribution in [0.4, 0.5) is 0 Å². The summed E-state index contributed by atoms with van der Waals surface area (Å²) in [6, 6.07) is 1.79. The van der Waals surface area contributed by atoms with Crippen molar-refractivity contribution in [3.63, 3.8) is 0 Å². The highest BCUT2D eigenvalue weighted by molar-refractivity contribution is 5.03. The molecule has 7 heteroatoms. The molecule has 0 amide bonds. The molecule has 2 aromatic rings. The van der Waals surface area contributed by atoms with Crippen molar-refractivity contribution in [3.05, 3.63) is 50.6 Å². The Labute approximate surface area is 129 Å². The third-order valence-corrected chi connectivity index (χ3v) is 4.10. The fourth-order valence-electron chi connectivity index (χ4n) is 2.27. The first kappa shape index (κ1) is 16.2. The Morgan fingerprint density at radius 1 is 1.23 bits per heavy atom. The lowest BCUT2D eigenvalue weighted by molar-refractivity contribution is 0.361. The van der Waals surface area contributed by atoms with E-state index < -0.39 is 0 Å². The normalized spacial score (nSPS) is 14.0. The van der Waals surface area contributed by atoms with Gasteiger partial charge in [-0.25, -0.2) is 4.79 Å². The van der Waals surface area contributed by atoms with Crippen LogP contribution in [0.5, 0.6) is 0 Å². The summed E-state index contributed by atoms with van der Waals surface area (Å²) in [5.74, 6) is 0. The standard InChI is InChI=1S/C15H23N5O2/c1-10-7-17-20(9-10)12(3)11(2)16-8-13-6-14(21)19(5)15(22)18(13)4/h6-7,9,11-12,16H,8H2,1-5H3/t11-,12+/m0/s1. The second kappa shape index (κ2) is 6.31. The van der Waals surface area contributed by atoms with Crippen LogP contribution in [-0.2, 0) is 20.6 Å². The van der Waals surface area contributed by atoms with Gasteiger partial charge in [0.05, 0.1) is 12.2 Å². The molecule has 0 saturated heterocycles. The Hall–Kier alpha value is -2.15. The Morgan fingerprint density at radius 2 is 1.91 bits per heavy atom. The van der Waals surface area contributed by atoms with Gasteiger partial charge < -0.3 is 5.32 Å². The molecule has 2 heterocycles. The summed E-state index contributed by atoms with van der Waals surface area (Å²) in [6.45, 7) is 6.59. The van der Waals surface area contributed by atoms with E-state index in [0.29, 0.717) is 12.2 Å². The summed E-state index contributed by atoms with van der Waals surface area (Å²) in [5.41, 5.74) is 1.19. The van der Waals surface area contributed by atoms with Gasteiger partial charge in [-0.15, -0.1) is 0 Å². The average Bonchev–Trinajstić information content (AvgIpc) is 2.92. The molecule has 2 aromatic heterocycles. The monoisotopic (exact) mass is 305 g/mol. The van der Waals surface area contributed by atoms with Crippen molar-refractivity contribution in [1.29, 1.82) is 0 Å². The predicted octanol–water partition coefficient (Wildman–Crippen LogP) is 0.328. The van der Waals surface area contributed by atoms with Crippen molar-refractivity contribution in [2.24, 2.45) is 14.1 Å². The molecule has 7 nitrogen and oxygen atoms in total. The molecular weight excluding hydrogens is 282 g/mol. The molecule has 1 N–H and O–H groups in total. The second-order valence-corrected chi connectivity index (χ2v) is 5.78. The smallest absolute Gasteiger partial charge is 0.307 e. The largest absolute Gasteiger partial charge is 0.330 e. The van der Waals surface area contributed by atoms with Crippen molar-refractivity contribution in [2.75, 3.05) is 0 Å². The van der Waals surface area contributed by atoms with Gasteiger partial charge in [-0.3, -0.25) is 18.6 Å². The van der Waals surface area contributed by atoms with E-state index in [0.717, 1.165) is 10.1 Å². The minimum absolute atomic E-state index is 0.137. The molecule has 2 atom stereocenters. The lowest BCUT2D eigenvalue weighted by Gasteiger charge is -2.22. The van der Waals surface area contributed by atoms with Crippen LogP contribution < -0.4 is 16.6 Å². The Bertz CT molecular complexity index is 771. The highest BCUT2D eigenvalue weighted by Crippen LogP contribution is 2.11. The van der Waals surface area contributed by atoms with E-state index >= 15 is 0 Å². The summed E-state index contributed by atoms with van der Waals surface area (Å²) in [5, 5.41) is 7.67. The van der Waals surface area contributed by atoms with Crippen molar-refractivity contribution < 1.29 is 0 Å². The molecule has 0 fully saturated rings. The third-order valence-electron chi connectivity index (χ3n) is 4.10. The topological polar surface area (TPSA) is 73.8 Å². The molecule has 0 aromatic carbocycles. The van der Waals surface area contributed by atoms with Crippen LogP contribution >= 0.6 is 0 Å². The van der Waals surface area contributed by atoms with E-state index in [1.54, 1.807) is 7.05 Å². The minimum Gasteiger partial charge on any atom is -0.307 e. The summed E-state index contributed by atoms with van der Waals surface area (Å²) >= 11 is 0. The van der Waals surface area contributed by atoms with Gasteiger partial charge in [0.1, 0.15) is 0 Å². The lowest BCUT2D eigenvalue weighted by Crippen LogP contribution is -2.40. The maximum absolute atomic E-state index is 11.9. The van der Waals surface area contributed by atoms with Gasteiger partial charge in [0.2, 0.25) is 0 Å². The van der Waals surface area contributed by atoms with E-state index in [1.165, 1.54) is 17.7 Å². The maximum Gasteiger partial charge on any atom is 0.330 e. The molecular formula is C15H23N5O2. The van der Waals surface area contributed by atoms with Crippen molar-refractivity contribution in [2.45, 2.75) is 39.4 Å². The molecule has 22 heavy (non-hydrogen) atoms. The molecule has 0 bridgehead atoms. The zero-order chi connectivity index (χ0) is 16.4. The number of rotatable bonds is 5. The van der Waals surface area contributed by atoms with Crippen LogP contribution in [0, 0.1) is 6.92 Å². The predicted molar refractivity (Wildman–Crippen MR) is 84.9 cm³/mol. The number of nitrogens with one attached hydrogen (secondary N) is 1. The highest BCUT2D eigenvalue weighted by Gasteiger charge is 2.15. The first-order valence-corrected chi connectivity index (χ1v) is 7.31. The molecule has 120 valence electrons. The summed E-state index contributed by atoms with van der Waals surface area (Å²) < 4.78 is 4.50. The van der Waals surface area contributed by atoms with E-state index in [2.05, 4.69) is 24.3 Å². The first-order valence-electron chi connectivity index (χ1n) is 7.31. The Balaban J connectivity index is 2.10. The number of hydrogen-bond donors (Lipinski definition) is 1. The summed E-state index contributed by atoms with van der Waals surface area (Å²) in [7, 11) is 3.15. The SMILES string of the molecule is Cc1cnn([C@H](C)[C@H](C)NCc2cc(=O)n(C)c(=O)n2C)c1. The fraction of sp³-hybridized carbons (Fsp3) is 0.533. The highest BCUT2D eigenvalue weighted by atomic mass is 16.2. The van der Waals surface area contributed by atoms with Gasteiger partial charge in [-0.2, -0.15) is 5.10 Å². The lowest BCUT2D eigenvalue weighted by atomic mass is 10.1. The van der Waals surface area contributed by atoms with Crippen molar-refractivity contribution in [3.8, 4) is 0 Å². The number of hydrogen-bond acceptors (Lipinski definition) is 4. The van der Waals surface area contributed by atoms with E-state index in [1.807, 2.05) is 24.0 Å². The molecule has 0 aliphatic rings. The van der Waals surface area contributed by atoms with E-state index in [9.17, 15) is 9.59 Å². The van der Waals surface area contributed by atoms with Crippen molar-refractivity contribution in [1.82, 2.24) is 24.2 Å². The average molecular weight is 305 g/mol. The van der Waals surface area contributed by atoms with Gasteiger partial charge in [0, 0.05) is 44.6 Å². The zero-order valence-corrected chi connectivity index (χ0v) is 13.7. The molecule has 0 spiro atoms. The zero-order valence-electron chi connectivity index (χ0n) is 13.7. The van der Waals surface area contributed by atoms with E-state index in [4.69, 9.17) is 0 Å². The molecule has 0 aliphatic carbocycles. The van der Waals surface area contributed by atoms with Gasteiger partial charge in [-0.1, -0.05) is 0 Å². The summed E-state index contributed by atoms with van der Waals surface area (Å²) in [6.07, 6.45) is 3.82. The van der Waals surface area contributed by atoms with Crippen LogP contribution in [0.2, 0.25) is 0 Å². The Morgan fingerprint density at radius 3 is 2.50 bits per heavy atom. The molecule has 2 rings (SSSR count). The molecule has 0 radical (unpaired) electrons. The van der Waals surface area contributed by atoms with Crippen molar-refractivity contribution >= 4 is 0 Å². The molecule has 0 unspecified atom stereocenters. The quantitative estimate of drug-likeness (QED) is 0.864. The molecule has 0 saturated carbocycles. The van der Waals surface area contributed by atoms with E-state index in [-0.39, 0.29) is 23.3 Å². The Kier molecular flexibility index (Phi) is 4.65. The molecule has 0 aliphatic heterocycles. The second-order valence-electron chi connectivity index (χ2n) is 5.78. The number of nitrogens with zero attached hydrogens (tertiary/aromatic N) is 4. The maximum atomic E-state index is 11.9. The van der Waals surface area contributed by atoms with Gasteiger partial charge in [-0.05, 0) is 26.3 Å². The number of aryl methyl sites for hydroxylation is 1. The van der Waals surface area contributed by atoms with Gasteiger partial charge in [0.25, 0.3) is 5.56 Å². The fourth-order valence-corrected chi connectivity index (χ4v) is 2.27. The van der Waals surface area contributed by atoms with Gasteiger partial charge >= 0.3 is 5.69 Å². The van der Waals surface area contributed by atoms with Crippen LogP contribution in [0.25, 0.3) is 0 Å². The first-order chi connectivity index (χ1) is 10.3. The van der Waals surface area contributed by atoms with Gasteiger partial charge in [0.15, 0.2) is 0 Å². The van der Waals surface area contributed by atoms with Crippen LogP contribution in [0.1, 0.15) is 31.1 Å². The summed E-state index contributed by atoms with van der Waals surface area (Å²) in [4.78, 5) is 23.6.